The Kier molecular flexibility index (Phi) is 5.38. The predicted molar refractivity (Wildman–Crippen MR) is 84.5 cm³/mol. The van der Waals surface area contributed by atoms with Crippen molar-refractivity contribution in [2.75, 3.05) is 13.6 Å². The molecule has 6 nitrogen and oxygen atoms in total. The van der Waals surface area contributed by atoms with E-state index in [1.807, 2.05) is 0 Å². The van der Waals surface area contributed by atoms with Gasteiger partial charge in [0.05, 0.1) is 24.2 Å². The predicted octanol–water partition coefficient (Wildman–Crippen LogP) is 1.98. The number of halogens is 1. The van der Waals surface area contributed by atoms with E-state index >= 15 is 0 Å². The summed E-state index contributed by atoms with van der Waals surface area (Å²) in [6.45, 7) is -0.0445. The number of hydrogen-bond donors (Lipinski definition) is 1. The Bertz CT molecular complexity index is 727. The Morgan fingerprint density at radius 2 is 1.95 bits per heavy atom. The maximum atomic E-state index is 12.3. The van der Waals surface area contributed by atoms with Crippen molar-refractivity contribution < 1.29 is 17.6 Å². The Morgan fingerprint density at radius 1 is 1.27 bits per heavy atom. The number of benzene rings is 1. The summed E-state index contributed by atoms with van der Waals surface area (Å²) in [7, 11) is -2.33. The highest BCUT2D eigenvalue weighted by Crippen LogP contribution is 2.17. The van der Waals surface area contributed by atoms with E-state index in [0.29, 0.717) is 5.76 Å². The summed E-state index contributed by atoms with van der Waals surface area (Å²) in [6, 6.07) is 9.68. The fourth-order valence-corrected chi connectivity index (χ4v) is 3.12. The zero-order valence-corrected chi connectivity index (χ0v) is 14.2. The molecule has 0 spiro atoms. The summed E-state index contributed by atoms with van der Waals surface area (Å²) in [5, 5.41) is 2.60. The summed E-state index contributed by atoms with van der Waals surface area (Å²) in [5.74, 6) is 0.200. The van der Waals surface area contributed by atoms with E-state index in [4.69, 9.17) is 4.42 Å². The van der Waals surface area contributed by atoms with Crippen LogP contribution in [0.5, 0.6) is 0 Å². The number of carbonyl (C=O) groups is 1. The van der Waals surface area contributed by atoms with Crippen LogP contribution in [0, 0.1) is 0 Å². The van der Waals surface area contributed by atoms with Gasteiger partial charge in [-0.3, -0.25) is 4.79 Å². The third kappa shape index (κ3) is 4.19. The van der Waals surface area contributed by atoms with Gasteiger partial charge in [0.1, 0.15) is 5.76 Å². The van der Waals surface area contributed by atoms with Gasteiger partial charge >= 0.3 is 0 Å². The minimum atomic E-state index is -3.69. The molecule has 1 N–H and O–H groups in total. The lowest BCUT2D eigenvalue weighted by Gasteiger charge is -2.16. The lowest BCUT2D eigenvalue weighted by molar-refractivity contribution is -0.121. The van der Waals surface area contributed by atoms with E-state index in [1.54, 1.807) is 24.3 Å². The van der Waals surface area contributed by atoms with Crippen LogP contribution in [-0.2, 0) is 21.4 Å². The second-order valence-corrected chi connectivity index (χ2v) is 7.53. The highest BCUT2D eigenvalue weighted by molar-refractivity contribution is 9.10. The molecule has 0 saturated carbocycles. The Balaban J connectivity index is 1.96. The lowest BCUT2D eigenvalue weighted by Crippen LogP contribution is -2.38. The van der Waals surface area contributed by atoms with Crippen LogP contribution in [0.15, 0.2) is 56.4 Å². The Hall–Kier alpha value is -1.64. The van der Waals surface area contributed by atoms with E-state index in [0.717, 1.165) is 8.78 Å². The zero-order valence-electron chi connectivity index (χ0n) is 11.8. The number of rotatable bonds is 6. The van der Waals surface area contributed by atoms with Crippen molar-refractivity contribution in [3.8, 4) is 0 Å². The van der Waals surface area contributed by atoms with E-state index in [-0.39, 0.29) is 18.0 Å². The van der Waals surface area contributed by atoms with Gasteiger partial charge in [0, 0.05) is 11.5 Å². The monoisotopic (exact) mass is 386 g/mol. The minimum Gasteiger partial charge on any atom is -0.467 e. The van der Waals surface area contributed by atoms with Crippen LogP contribution in [0.4, 0.5) is 0 Å². The highest BCUT2D eigenvalue weighted by Gasteiger charge is 2.22. The van der Waals surface area contributed by atoms with Gasteiger partial charge in [-0.1, -0.05) is 15.9 Å². The smallest absolute Gasteiger partial charge is 0.243 e. The van der Waals surface area contributed by atoms with Gasteiger partial charge in [0.25, 0.3) is 0 Å². The molecule has 0 aliphatic heterocycles. The number of hydrogen-bond acceptors (Lipinski definition) is 4. The van der Waals surface area contributed by atoms with Gasteiger partial charge in [-0.2, -0.15) is 4.31 Å². The van der Waals surface area contributed by atoms with Crippen LogP contribution in [0.2, 0.25) is 0 Å². The van der Waals surface area contributed by atoms with Crippen LogP contribution in [-0.4, -0.2) is 32.2 Å². The molecule has 0 fully saturated rings. The molecule has 1 amide bonds. The molecule has 118 valence electrons. The van der Waals surface area contributed by atoms with Crippen molar-refractivity contribution in [1.82, 2.24) is 9.62 Å². The second-order valence-electron chi connectivity index (χ2n) is 4.57. The van der Waals surface area contributed by atoms with E-state index in [9.17, 15) is 13.2 Å². The molecule has 0 bridgehead atoms. The van der Waals surface area contributed by atoms with Crippen molar-refractivity contribution >= 4 is 31.9 Å². The first-order chi connectivity index (χ1) is 10.4. The number of nitrogens with zero attached hydrogens (tertiary/aromatic N) is 1. The molecular weight excluding hydrogens is 372 g/mol. The molecular formula is C14H15BrN2O4S. The van der Waals surface area contributed by atoms with Gasteiger partial charge in [-0.15, -0.1) is 0 Å². The highest BCUT2D eigenvalue weighted by atomic mass is 79.9. The first kappa shape index (κ1) is 16.7. The van der Waals surface area contributed by atoms with Gasteiger partial charge in [0.2, 0.25) is 15.9 Å². The largest absolute Gasteiger partial charge is 0.467 e. The number of carbonyl (C=O) groups excluding carboxylic acids is 1. The van der Waals surface area contributed by atoms with Crippen molar-refractivity contribution in [1.29, 1.82) is 0 Å². The molecule has 2 rings (SSSR count). The zero-order chi connectivity index (χ0) is 16.2. The third-order valence-electron chi connectivity index (χ3n) is 2.93. The topological polar surface area (TPSA) is 79.6 Å². The van der Waals surface area contributed by atoms with Gasteiger partial charge in [-0.05, 0) is 36.4 Å². The first-order valence-corrected chi connectivity index (χ1v) is 8.64. The molecule has 0 aliphatic rings. The van der Waals surface area contributed by atoms with E-state index < -0.39 is 15.9 Å². The van der Waals surface area contributed by atoms with Crippen molar-refractivity contribution in [3.63, 3.8) is 0 Å². The van der Waals surface area contributed by atoms with Crippen LogP contribution in [0.25, 0.3) is 0 Å². The fourth-order valence-electron chi connectivity index (χ4n) is 1.73. The average Bonchev–Trinajstić information content (AvgIpc) is 2.99. The number of nitrogens with one attached hydrogen (secondary N) is 1. The van der Waals surface area contributed by atoms with Gasteiger partial charge in [0.15, 0.2) is 0 Å². The van der Waals surface area contributed by atoms with E-state index in [1.165, 1.54) is 25.4 Å². The van der Waals surface area contributed by atoms with Crippen molar-refractivity contribution in [2.24, 2.45) is 0 Å². The maximum absolute atomic E-state index is 12.3. The number of furan rings is 1. The molecule has 0 atom stereocenters. The van der Waals surface area contributed by atoms with E-state index in [2.05, 4.69) is 21.2 Å². The fraction of sp³-hybridized carbons (Fsp3) is 0.214. The summed E-state index contributed by atoms with van der Waals surface area (Å²) in [4.78, 5) is 12.0. The quantitative estimate of drug-likeness (QED) is 0.822. The van der Waals surface area contributed by atoms with Crippen LogP contribution in [0.3, 0.4) is 0 Å². The molecule has 0 unspecified atom stereocenters. The van der Waals surface area contributed by atoms with Gasteiger partial charge < -0.3 is 9.73 Å². The van der Waals surface area contributed by atoms with Crippen molar-refractivity contribution in [2.45, 2.75) is 11.4 Å². The molecule has 0 radical (unpaired) electrons. The molecule has 0 saturated heterocycles. The van der Waals surface area contributed by atoms with Gasteiger partial charge in [-0.25, -0.2) is 8.42 Å². The lowest BCUT2D eigenvalue weighted by atomic mass is 10.4. The summed E-state index contributed by atoms with van der Waals surface area (Å²) < 4.78 is 31.5. The number of sulfonamides is 1. The molecule has 8 heteroatoms. The molecule has 0 aliphatic carbocycles. The Labute approximate surface area is 137 Å². The average molecular weight is 387 g/mol. The summed E-state index contributed by atoms with van der Waals surface area (Å²) in [5.41, 5.74) is 0. The molecule has 2 aromatic rings. The molecule has 1 aromatic heterocycles. The third-order valence-corrected chi connectivity index (χ3v) is 5.27. The molecule has 1 aromatic carbocycles. The Morgan fingerprint density at radius 3 is 2.55 bits per heavy atom. The minimum absolute atomic E-state index is 0.136. The van der Waals surface area contributed by atoms with Crippen LogP contribution < -0.4 is 5.32 Å². The maximum Gasteiger partial charge on any atom is 0.243 e. The molecule has 1 heterocycles. The first-order valence-electron chi connectivity index (χ1n) is 6.40. The van der Waals surface area contributed by atoms with Crippen LogP contribution >= 0.6 is 15.9 Å². The molecule has 22 heavy (non-hydrogen) atoms. The second kappa shape index (κ2) is 7.08. The summed E-state index contributed by atoms with van der Waals surface area (Å²) in [6.07, 6.45) is 1.51. The normalized spacial score (nSPS) is 11.6. The summed E-state index contributed by atoms with van der Waals surface area (Å²) >= 11 is 3.25. The number of likely N-dealkylation sites (N-methyl/N-ethyl adjacent to an activating group) is 1. The van der Waals surface area contributed by atoms with Crippen molar-refractivity contribution in [3.05, 3.63) is 52.9 Å². The number of amides is 1. The standard InChI is InChI=1S/C14H15BrN2O4S/c1-17(10-14(18)16-9-12-3-2-8-21-12)22(19,20)13-6-4-11(15)5-7-13/h2-8H,9-10H2,1H3,(H,16,18). The van der Waals surface area contributed by atoms with Crippen LogP contribution in [0.1, 0.15) is 5.76 Å². The SMILES string of the molecule is CN(CC(=O)NCc1ccco1)S(=O)(=O)c1ccc(Br)cc1.